The highest BCUT2D eigenvalue weighted by Gasteiger charge is 2.19. The van der Waals surface area contributed by atoms with Crippen LogP contribution in [0.25, 0.3) is 0 Å². The molecule has 0 saturated heterocycles. The van der Waals surface area contributed by atoms with E-state index in [1.54, 1.807) is 13.0 Å². The summed E-state index contributed by atoms with van der Waals surface area (Å²) in [5.74, 6) is 0.820. The first kappa shape index (κ1) is 22.6. The monoisotopic (exact) mass is 442 g/mol. The molecule has 0 aliphatic heterocycles. The minimum Gasteiger partial charge on any atom is -0.489 e. The van der Waals surface area contributed by atoms with Crippen molar-refractivity contribution in [2.75, 3.05) is 11.9 Å². The number of amides is 1. The molecule has 1 aromatic carbocycles. The summed E-state index contributed by atoms with van der Waals surface area (Å²) in [7, 11) is 0. The van der Waals surface area contributed by atoms with Crippen molar-refractivity contribution < 1.29 is 23.6 Å². The van der Waals surface area contributed by atoms with E-state index in [0.29, 0.717) is 22.9 Å². The van der Waals surface area contributed by atoms with Gasteiger partial charge in [0.2, 0.25) is 5.91 Å². The number of nitrogens with zero attached hydrogens (tertiary/aromatic N) is 1. The van der Waals surface area contributed by atoms with Gasteiger partial charge >= 0.3 is 5.97 Å². The Hall–Kier alpha value is -3.13. The van der Waals surface area contributed by atoms with Crippen LogP contribution in [0.3, 0.4) is 0 Å². The third-order valence-corrected chi connectivity index (χ3v) is 5.93. The van der Waals surface area contributed by atoms with Crippen LogP contribution in [0.15, 0.2) is 34.9 Å². The van der Waals surface area contributed by atoms with Gasteiger partial charge in [0.05, 0.1) is 29.8 Å². The third kappa shape index (κ3) is 5.73. The summed E-state index contributed by atoms with van der Waals surface area (Å²) in [4.78, 5) is 25.7. The highest BCUT2D eigenvalue weighted by Crippen LogP contribution is 2.29. The van der Waals surface area contributed by atoms with Crippen molar-refractivity contribution in [3.05, 3.63) is 63.4 Å². The third-order valence-electron chi connectivity index (χ3n) is 4.73. The molecule has 31 heavy (non-hydrogen) atoms. The van der Waals surface area contributed by atoms with Gasteiger partial charge in [-0.2, -0.15) is 0 Å². The van der Waals surface area contributed by atoms with Crippen LogP contribution in [-0.4, -0.2) is 23.6 Å². The second-order valence-corrected chi connectivity index (χ2v) is 8.13. The minimum absolute atomic E-state index is 0.186. The summed E-state index contributed by atoms with van der Waals surface area (Å²) in [6.07, 6.45) is 0.966. The van der Waals surface area contributed by atoms with E-state index >= 15 is 0 Å². The Balaban J connectivity index is 1.60. The second kappa shape index (κ2) is 10.3. The van der Waals surface area contributed by atoms with Crippen molar-refractivity contribution in [2.45, 2.75) is 47.1 Å². The van der Waals surface area contributed by atoms with Crippen molar-refractivity contribution in [1.82, 2.24) is 5.16 Å². The molecule has 2 aromatic heterocycles. The first-order chi connectivity index (χ1) is 14.9. The zero-order chi connectivity index (χ0) is 22.4. The molecule has 8 heteroatoms. The molecule has 1 amide bonds. The normalized spacial score (nSPS) is 10.7. The van der Waals surface area contributed by atoms with E-state index in [4.69, 9.17) is 14.0 Å². The number of esters is 1. The molecule has 3 rings (SSSR count). The molecule has 0 bridgehead atoms. The Bertz CT molecular complexity index is 1030. The van der Waals surface area contributed by atoms with Crippen LogP contribution in [0.1, 0.15) is 51.7 Å². The van der Waals surface area contributed by atoms with Crippen LogP contribution >= 0.6 is 11.3 Å². The van der Waals surface area contributed by atoms with Gasteiger partial charge in [-0.05, 0) is 51.0 Å². The number of aryl methyl sites for hydroxylation is 3. The van der Waals surface area contributed by atoms with Crippen LogP contribution in [0.4, 0.5) is 5.00 Å². The van der Waals surface area contributed by atoms with Gasteiger partial charge in [0.1, 0.15) is 23.1 Å². The predicted molar refractivity (Wildman–Crippen MR) is 119 cm³/mol. The van der Waals surface area contributed by atoms with Crippen LogP contribution in [0.2, 0.25) is 0 Å². The van der Waals surface area contributed by atoms with E-state index in [0.717, 1.165) is 33.9 Å². The van der Waals surface area contributed by atoms with Gasteiger partial charge in [-0.3, -0.25) is 4.79 Å². The maximum atomic E-state index is 12.5. The second-order valence-electron chi connectivity index (χ2n) is 6.99. The smallest absolute Gasteiger partial charge is 0.341 e. The number of carbonyl (C=O) groups is 2. The van der Waals surface area contributed by atoms with Gasteiger partial charge in [-0.25, -0.2) is 4.79 Å². The fourth-order valence-corrected chi connectivity index (χ4v) is 3.99. The standard InChI is InChI=1S/C23H26N2O5S/c1-5-18-12-19(23(27)28-6-2)22(31-18)24-21(26)11-16-7-9-17(10-8-16)29-13-20-14(3)25-30-15(20)4/h7-10,12H,5-6,11,13H2,1-4H3,(H,24,26). The van der Waals surface area contributed by atoms with Crippen molar-refractivity contribution in [3.63, 3.8) is 0 Å². The van der Waals surface area contributed by atoms with Gasteiger partial charge in [-0.15, -0.1) is 11.3 Å². The van der Waals surface area contributed by atoms with Crippen molar-refractivity contribution in [3.8, 4) is 5.75 Å². The van der Waals surface area contributed by atoms with Gasteiger partial charge < -0.3 is 19.3 Å². The van der Waals surface area contributed by atoms with E-state index in [-0.39, 0.29) is 18.9 Å². The molecule has 0 aliphatic rings. The van der Waals surface area contributed by atoms with Crippen molar-refractivity contribution in [2.24, 2.45) is 0 Å². The van der Waals surface area contributed by atoms with Crippen LogP contribution in [0, 0.1) is 13.8 Å². The van der Waals surface area contributed by atoms with E-state index in [9.17, 15) is 9.59 Å². The lowest BCUT2D eigenvalue weighted by Crippen LogP contribution is -2.16. The average molecular weight is 443 g/mol. The number of carbonyl (C=O) groups excluding carboxylic acids is 2. The molecule has 0 saturated carbocycles. The van der Waals surface area contributed by atoms with Gasteiger partial charge in [0.25, 0.3) is 0 Å². The number of nitrogens with one attached hydrogen (secondary N) is 1. The Labute approximate surface area is 185 Å². The predicted octanol–water partition coefficient (Wildman–Crippen LogP) is 4.85. The molecule has 0 aliphatic carbocycles. The maximum Gasteiger partial charge on any atom is 0.341 e. The fourth-order valence-electron chi connectivity index (χ4n) is 2.99. The molecule has 164 valence electrons. The SMILES string of the molecule is CCOC(=O)c1cc(CC)sc1NC(=O)Cc1ccc(OCc2c(C)noc2C)cc1. The summed E-state index contributed by atoms with van der Waals surface area (Å²) in [5.41, 5.74) is 2.99. The zero-order valence-electron chi connectivity index (χ0n) is 18.1. The van der Waals surface area contributed by atoms with Gasteiger partial charge in [0, 0.05) is 4.88 Å². The topological polar surface area (TPSA) is 90.7 Å². The summed E-state index contributed by atoms with van der Waals surface area (Å²) >= 11 is 1.40. The highest BCUT2D eigenvalue weighted by molar-refractivity contribution is 7.16. The first-order valence-electron chi connectivity index (χ1n) is 10.1. The molecule has 0 unspecified atom stereocenters. The van der Waals surface area contributed by atoms with Crippen molar-refractivity contribution in [1.29, 1.82) is 0 Å². The molecule has 3 aromatic rings. The number of hydrogen-bond donors (Lipinski definition) is 1. The highest BCUT2D eigenvalue weighted by atomic mass is 32.1. The van der Waals surface area contributed by atoms with Gasteiger partial charge in [0.15, 0.2) is 0 Å². The molecule has 1 N–H and O–H groups in total. The van der Waals surface area contributed by atoms with E-state index < -0.39 is 5.97 Å². The largest absolute Gasteiger partial charge is 0.489 e. The number of thiophene rings is 1. The molecule has 0 fully saturated rings. The van der Waals surface area contributed by atoms with E-state index in [2.05, 4.69) is 10.5 Å². The summed E-state index contributed by atoms with van der Waals surface area (Å²) in [6, 6.07) is 9.13. The summed E-state index contributed by atoms with van der Waals surface area (Å²) in [5, 5.41) is 7.30. The van der Waals surface area contributed by atoms with Crippen molar-refractivity contribution >= 4 is 28.2 Å². The maximum absolute atomic E-state index is 12.5. The number of ether oxygens (including phenoxy) is 2. The molecule has 7 nitrogen and oxygen atoms in total. The van der Waals surface area contributed by atoms with E-state index in [1.165, 1.54) is 11.3 Å². The molecule has 0 atom stereocenters. The molecule has 0 spiro atoms. The van der Waals surface area contributed by atoms with Crippen LogP contribution < -0.4 is 10.1 Å². The number of benzene rings is 1. The van der Waals surface area contributed by atoms with Crippen LogP contribution in [-0.2, 0) is 29.0 Å². The lowest BCUT2D eigenvalue weighted by molar-refractivity contribution is -0.115. The van der Waals surface area contributed by atoms with E-state index in [1.807, 2.05) is 45.0 Å². The van der Waals surface area contributed by atoms with Gasteiger partial charge in [-0.1, -0.05) is 24.2 Å². The Kier molecular flexibility index (Phi) is 7.46. The number of hydrogen-bond acceptors (Lipinski definition) is 7. The first-order valence-corrected chi connectivity index (χ1v) is 11.0. The molecular weight excluding hydrogens is 416 g/mol. The zero-order valence-corrected chi connectivity index (χ0v) is 18.9. The molecular formula is C23H26N2O5S. The molecule has 0 radical (unpaired) electrons. The number of aromatic nitrogens is 1. The number of rotatable bonds is 9. The summed E-state index contributed by atoms with van der Waals surface area (Å²) < 4.78 is 16.0. The van der Waals surface area contributed by atoms with Crippen LogP contribution in [0.5, 0.6) is 5.75 Å². The number of anilines is 1. The summed E-state index contributed by atoms with van der Waals surface area (Å²) in [6.45, 7) is 8.14. The Morgan fingerprint density at radius 3 is 2.52 bits per heavy atom. The average Bonchev–Trinajstić information content (AvgIpc) is 3.30. The Morgan fingerprint density at radius 1 is 1.16 bits per heavy atom. The fraction of sp³-hybridized carbons (Fsp3) is 0.348. The lowest BCUT2D eigenvalue weighted by Gasteiger charge is -2.08. The molecule has 2 heterocycles. The minimum atomic E-state index is -0.423. The lowest BCUT2D eigenvalue weighted by atomic mass is 10.1. The quantitative estimate of drug-likeness (QED) is 0.476. The Morgan fingerprint density at radius 2 is 1.90 bits per heavy atom.